The van der Waals surface area contributed by atoms with Gasteiger partial charge in [0.15, 0.2) is 0 Å². The van der Waals surface area contributed by atoms with Crippen LogP contribution in [0, 0.1) is 0 Å². The zero-order chi connectivity index (χ0) is 15.1. The summed E-state index contributed by atoms with van der Waals surface area (Å²) in [5, 5.41) is 7.31. The summed E-state index contributed by atoms with van der Waals surface area (Å²) in [6, 6.07) is 0. The summed E-state index contributed by atoms with van der Waals surface area (Å²) < 4.78 is 7.40. The molecule has 0 aromatic carbocycles. The number of likely N-dealkylation sites (N-methyl/N-ethyl adjacent to an activating group) is 1. The van der Waals surface area contributed by atoms with Crippen LogP contribution >= 0.6 is 15.9 Å². The summed E-state index contributed by atoms with van der Waals surface area (Å²) in [5.74, 6) is 0. The Bertz CT molecular complexity index is 474. The van der Waals surface area contributed by atoms with Gasteiger partial charge in [-0.3, -0.25) is 4.79 Å². The van der Waals surface area contributed by atoms with E-state index in [1.165, 1.54) is 4.68 Å². The van der Waals surface area contributed by atoms with Crippen molar-refractivity contribution >= 4 is 21.6 Å². The van der Waals surface area contributed by atoms with E-state index in [0.29, 0.717) is 29.9 Å². The molecule has 0 saturated carbocycles. The molecule has 1 rings (SSSR count). The second kappa shape index (κ2) is 8.39. The van der Waals surface area contributed by atoms with Crippen LogP contribution in [-0.4, -0.2) is 54.6 Å². The quantitative estimate of drug-likeness (QED) is 0.721. The third kappa shape index (κ3) is 5.60. The van der Waals surface area contributed by atoms with Crippen molar-refractivity contribution in [2.45, 2.75) is 26.5 Å². The van der Waals surface area contributed by atoms with Crippen LogP contribution in [0.15, 0.2) is 15.5 Å². The van der Waals surface area contributed by atoms with E-state index in [9.17, 15) is 4.79 Å². The lowest BCUT2D eigenvalue weighted by atomic mass is 10.4. The van der Waals surface area contributed by atoms with E-state index in [2.05, 4.69) is 26.3 Å². The second-order valence-electron chi connectivity index (χ2n) is 5.05. The van der Waals surface area contributed by atoms with Gasteiger partial charge in [-0.2, -0.15) is 5.10 Å². The lowest BCUT2D eigenvalue weighted by Gasteiger charge is -2.13. The number of hydrogen-bond donors (Lipinski definition) is 1. The number of hydrogen-bond acceptors (Lipinski definition) is 5. The Balaban J connectivity index is 2.62. The van der Waals surface area contributed by atoms with Crippen molar-refractivity contribution in [1.29, 1.82) is 0 Å². The number of ether oxygens (including phenoxy) is 1. The van der Waals surface area contributed by atoms with Gasteiger partial charge < -0.3 is 15.0 Å². The van der Waals surface area contributed by atoms with Crippen molar-refractivity contribution < 1.29 is 4.74 Å². The van der Waals surface area contributed by atoms with Gasteiger partial charge in [-0.15, -0.1) is 0 Å². The largest absolute Gasteiger partial charge is 0.380 e. The number of aromatic nitrogens is 2. The first kappa shape index (κ1) is 17.1. The maximum absolute atomic E-state index is 12.1. The van der Waals surface area contributed by atoms with Crippen molar-refractivity contribution in [2.75, 3.05) is 39.1 Å². The van der Waals surface area contributed by atoms with Crippen molar-refractivity contribution in [1.82, 2.24) is 14.7 Å². The lowest BCUT2D eigenvalue weighted by molar-refractivity contribution is 0.0870. The number of nitrogens with one attached hydrogen (secondary N) is 1. The van der Waals surface area contributed by atoms with Crippen molar-refractivity contribution in [3.05, 3.63) is 21.0 Å². The molecule has 0 aliphatic heterocycles. The van der Waals surface area contributed by atoms with E-state index in [4.69, 9.17) is 4.74 Å². The summed E-state index contributed by atoms with van der Waals surface area (Å²) in [5.41, 5.74) is 0.574. The molecule has 0 radical (unpaired) electrons. The van der Waals surface area contributed by atoms with Gasteiger partial charge in [0.05, 0.1) is 31.1 Å². The molecule has 1 N–H and O–H groups in total. The molecule has 0 aliphatic rings. The molecule has 0 saturated heterocycles. The van der Waals surface area contributed by atoms with Gasteiger partial charge in [-0.05, 0) is 43.9 Å². The fraction of sp³-hybridized carbons (Fsp3) is 0.692. The minimum atomic E-state index is -0.123. The van der Waals surface area contributed by atoms with E-state index in [1.54, 1.807) is 6.20 Å². The Hall–Kier alpha value is -0.920. The highest BCUT2D eigenvalue weighted by Crippen LogP contribution is 2.15. The fourth-order valence-electron chi connectivity index (χ4n) is 1.52. The topological polar surface area (TPSA) is 59.4 Å². The van der Waals surface area contributed by atoms with Crippen molar-refractivity contribution in [3.63, 3.8) is 0 Å². The molecule has 1 aromatic rings. The molecule has 0 fully saturated rings. The van der Waals surface area contributed by atoms with Gasteiger partial charge in [0, 0.05) is 13.1 Å². The molecule has 0 atom stereocenters. The third-order valence-electron chi connectivity index (χ3n) is 2.61. The highest BCUT2D eigenvalue weighted by atomic mass is 79.9. The highest BCUT2D eigenvalue weighted by Gasteiger charge is 2.08. The molecule has 0 aliphatic carbocycles. The molecular weight excluding hydrogens is 324 g/mol. The van der Waals surface area contributed by atoms with Gasteiger partial charge in [0.2, 0.25) is 0 Å². The van der Waals surface area contributed by atoms with E-state index < -0.39 is 0 Å². The molecule has 0 unspecified atom stereocenters. The Labute approximate surface area is 128 Å². The van der Waals surface area contributed by atoms with Crippen LogP contribution < -0.4 is 10.9 Å². The predicted molar refractivity (Wildman–Crippen MR) is 84.3 cm³/mol. The molecule has 114 valence electrons. The van der Waals surface area contributed by atoms with Gasteiger partial charge >= 0.3 is 0 Å². The maximum atomic E-state index is 12.1. The first-order valence-corrected chi connectivity index (χ1v) is 7.47. The van der Waals surface area contributed by atoms with E-state index in [0.717, 1.165) is 6.54 Å². The smallest absolute Gasteiger partial charge is 0.283 e. The average Bonchev–Trinajstić information content (AvgIpc) is 2.37. The Morgan fingerprint density at radius 1 is 1.50 bits per heavy atom. The van der Waals surface area contributed by atoms with Gasteiger partial charge in [-0.1, -0.05) is 0 Å². The number of halogens is 1. The Morgan fingerprint density at radius 3 is 2.80 bits per heavy atom. The number of nitrogens with zero attached hydrogens (tertiary/aromatic N) is 3. The minimum absolute atomic E-state index is 0.123. The van der Waals surface area contributed by atoms with Crippen LogP contribution in [0.3, 0.4) is 0 Å². The molecule has 7 heteroatoms. The maximum Gasteiger partial charge on any atom is 0.283 e. The first-order chi connectivity index (χ1) is 9.41. The van der Waals surface area contributed by atoms with Gasteiger partial charge in [-0.25, -0.2) is 4.68 Å². The molecular formula is C13H23BrN4O2. The van der Waals surface area contributed by atoms with Crippen LogP contribution in [0.25, 0.3) is 0 Å². The van der Waals surface area contributed by atoms with Gasteiger partial charge in [0.25, 0.3) is 5.56 Å². The van der Waals surface area contributed by atoms with E-state index in [-0.39, 0.29) is 11.7 Å². The lowest BCUT2D eigenvalue weighted by Crippen LogP contribution is -2.29. The monoisotopic (exact) mass is 346 g/mol. The summed E-state index contributed by atoms with van der Waals surface area (Å²) >= 11 is 3.33. The summed E-state index contributed by atoms with van der Waals surface area (Å²) in [6.07, 6.45) is 1.87. The molecule has 20 heavy (non-hydrogen) atoms. The number of rotatable bonds is 8. The highest BCUT2D eigenvalue weighted by molar-refractivity contribution is 9.10. The van der Waals surface area contributed by atoms with Gasteiger partial charge in [0.1, 0.15) is 4.47 Å². The second-order valence-corrected chi connectivity index (χ2v) is 5.84. The normalized spacial score (nSPS) is 11.3. The molecule has 0 spiro atoms. The fourth-order valence-corrected chi connectivity index (χ4v) is 1.97. The molecule has 0 bridgehead atoms. The zero-order valence-electron chi connectivity index (χ0n) is 12.5. The van der Waals surface area contributed by atoms with Crippen LogP contribution in [0.4, 0.5) is 5.69 Å². The van der Waals surface area contributed by atoms with Crippen LogP contribution in [-0.2, 0) is 11.3 Å². The Kier molecular flexibility index (Phi) is 7.18. The molecule has 0 amide bonds. The first-order valence-electron chi connectivity index (χ1n) is 6.67. The Morgan fingerprint density at radius 2 is 2.20 bits per heavy atom. The van der Waals surface area contributed by atoms with E-state index in [1.807, 2.05) is 32.8 Å². The molecule has 1 aromatic heterocycles. The predicted octanol–water partition coefficient (Wildman–Crippen LogP) is 1.40. The summed E-state index contributed by atoms with van der Waals surface area (Å²) in [4.78, 5) is 14.1. The average molecular weight is 347 g/mol. The summed E-state index contributed by atoms with van der Waals surface area (Å²) in [6.45, 7) is 6.55. The third-order valence-corrected chi connectivity index (χ3v) is 3.38. The standard InChI is InChI=1S/C13H23BrN4O2/c1-10(2)20-8-5-15-11-9-16-18(7-6-17(3)4)13(19)12(11)14/h9-10,15H,5-8H2,1-4H3. The van der Waals surface area contributed by atoms with Crippen molar-refractivity contribution in [2.24, 2.45) is 0 Å². The SMILES string of the molecule is CC(C)OCCNc1cnn(CCN(C)C)c(=O)c1Br. The van der Waals surface area contributed by atoms with Crippen LogP contribution in [0.1, 0.15) is 13.8 Å². The molecule has 1 heterocycles. The number of anilines is 1. The summed E-state index contributed by atoms with van der Waals surface area (Å²) in [7, 11) is 3.93. The minimum Gasteiger partial charge on any atom is -0.380 e. The zero-order valence-corrected chi connectivity index (χ0v) is 14.1. The van der Waals surface area contributed by atoms with Crippen molar-refractivity contribution in [3.8, 4) is 0 Å². The molecule has 6 nitrogen and oxygen atoms in total. The van der Waals surface area contributed by atoms with E-state index >= 15 is 0 Å². The van der Waals surface area contributed by atoms with Crippen LogP contribution in [0.5, 0.6) is 0 Å². The van der Waals surface area contributed by atoms with Crippen LogP contribution in [0.2, 0.25) is 0 Å².